The van der Waals surface area contributed by atoms with Crippen LogP contribution < -0.4 is 0 Å². The Labute approximate surface area is 103 Å². The van der Waals surface area contributed by atoms with Crippen LogP contribution >= 0.6 is 0 Å². The molecule has 0 saturated carbocycles. The van der Waals surface area contributed by atoms with E-state index in [9.17, 15) is 4.79 Å². The molecule has 17 heavy (non-hydrogen) atoms. The lowest BCUT2D eigenvalue weighted by atomic mass is 9.91. The third-order valence-corrected chi connectivity index (χ3v) is 2.96. The minimum Gasteiger partial charge on any atom is -0.501 e. The summed E-state index contributed by atoms with van der Waals surface area (Å²) in [5.74, 6) is 0.483. The number of carbonyl (C=O) groups is 1. The Kier molecular flexibility index (Phi) is 6.05. The van der Waals surface area contributed by atoms with Crippen molar-refractivity contribution in [2.75, 3.05) is 20.8 Å². The molecule has 4 heteroatoms. The van der Waals surface area contributed by atoms with Crippen molar-refractivity contribution in [1.29, 1.82) is 0 Å². The van der Waals surface area contributed by atoms with E-state index in [-0.39, 0.29) is 18.0 Å². The molecular formula is C13H22O4. The van der Waals surface area contributed by atoms with Crippen LogP contribution in [0.25, 0.3) is 0 Å². The van der Waals surface area contributed by atoms with Gasteiger partial charge in [0.2, 0.25) is 0 Å². The van der Waals surface area contributed by atoms with Crippen LogP contribution in [0, 0.1) is 5.92 Å². The van der Waals surface area contributed by atoms with E-state index in [2.05, 4.69) is 6.92 Å². The quantitative estimate of drug-likeness (QED) is 0.529. The van der Waals surface area contributed by atoms with Gasteiger partial charge in [-0.05, 0) is 18.9 Å². The molecule has 0 bridgehead atoms. The fourth-order valence-corrected chi connectivity index (χ4v) is 1.94. The molecule has 98 valence electrons. The summed E-state index contributed by atoms with van der Waals surface area (Å²) in [4.78, 5) is 11.5. The van der Waals surface area contributed by atoms with Gasteiger partial charge in [-0.2, -0.15) is 0 Å². The van der Waals surface area contributed by atoms with Crippen molar-refractivity contribution in [3.8, 4) is 0 Å². The molecule has 4 nitrogen and oxygen atoms in total. The minimum atomic E-state index is -0.184. The van der Waals surface area contributed by atoms with Crippen molar-refractivity contribution in [3.05, 3.63) is 11.8 Å². The van der Waals surface area contributed by atoms with Gasteiger partial charge in [-0.1, -0.05) is 13.3 Å². The Morgan fingerprint density at radius 2 is 2.24 bits per heavy atom. The van der Waals surface area contributed by atoms with E-state index in [0.717, 1.165) is 25.2 Å². The number of allylic oxidation sites excluding steroid dienone is 1. The topological polar surface area (TPSA) is 44.8 Å². The van der Waals surface area contributed by atoms with Crippen LogP contribution in [0.1, 0.15) is 32.6 Å². The molecule has 0 radical (unpaired) electrons. The lowest BCUT2D eigenvalue weighted by molar-refractivity contribution is -0.147. The van der Waals surface area contributed by atoms with Gasteiger partial charge in [0.05, 0.1) is 32.0 Å². The number of hydrogen-bond acceptors (Lipinski definition) is 4. The van der Waals surface area contributed by atoms with E-state index >= 15 is 0 Å². The summed E-state index contributed by atoms with van der Waals surface area (Å²) >= 11 is 0. The molecule has 0 unspecified atom stereocenters. The summed E-state index contributed by atoms with van der Waals surface area (Å²) in [5, 5.41) is 0. The van der Waals surface area contributed by atoms with Gasteiger partial charge in [0.15, 0.2) is 0 Å². The summed E-state index contributed by atoms with van der Waals surface area (Å²) in [5.41, 5.74) is 0. The van der Waals surface area contributed by atoms with Crippen LogP contribution in [-0.2, 0) is 19.0 Å². The van der Waals surface area contributed by atoms with E-state index in [1.165, 1.54) is 7.11 Å². The molecule has 0 aromatic heterocycles. The van der Waals surface area contributed by atoms with Crippen LogP contribution in [0.4, 0.5) is 0 Å². The van der Waals surface area contributed by atoms with Gasteiger partial charge in [0, 0.05) is 13.0 Å². The Bertz CT molecular complexity index is 273. The van der Waals surface area contributed by atoms with Gasteiger partial charge in [-0.15, -0.1) is 0 Å². The maximum Gasteiger partial charge on any atom is 0.309 e. The zero-order chi connectivity index (χ0) is 12.7. The second-order valence-corrected chi connectivity index (χ2v) is 4.26. The van der Waals surface area contributed by atoms with Gasteiger partial charge < -0.3 is 14.2 Å². The molecule has 0 N–H and O–H groups in total. The molecule has 2 atom stereocenters. The monoisotopic (exact) mass is 242 g/mol. The first kappa shape index (κ1) is 14.0. The maximum atomic E-state index is 11.5. The molecule has 1 rings (SSSR count). The third-order valence-electron chi connectivity index (χ3n) is 2.96. The smallest absolute Gasteiger partial charge is 0.309 e. The first-order valence-electron chi connectivity index (χ1n) is 6.15. The molecule has 1 aliphatic carbocycles. The van der Waals surface area contributed by atoms with Crippen molar-refractivity contribution in [2.45, 2.75) is 38.7 Å². The predicted molar refractivity (Wildman–Crippen MR) is 64.5 cm³/mol. The Hall–Kier alpha value is -1.03. The second-order valence-electron chi connectivity index (χ2n) is 4.26. The minimum absolute atomic E-state index is 0.0330. The summed E-state index contributed by atoms with van der Waals surface area (Å²) in [6, 6.07) is 0. The van der Waals surface area contributed by atoms with Crippen molar-refractivity contribution < 1.29 is 19.0 Å². The third kappa shape index (κ3) is 4.38. The maximum absolute atomic E-state index is 11.5. The van der Waals surface area contributed by atoms with Gasteiger partial charge in [-0.25, -0.2) is 0 Å². The average molecular weight is 242 g/mol. The largest absolute Gasteiger partial charge is 0.501 e. The molecule has 0 spiro atoms. The zero-order valence-corrected chi connectivity index (χ0v) is 10.9. The van der Waals surface area contributed by atoms with Crippen LogP contribution in [0.5, 0.6) is 0 Å². The number of ether oxygens (including phenoxy) is 3. The molecule has 0 fully saturated rings. The molecule has 1 aliphatic rings. The standard InChI is InChI=1S/C13H22O4/c1-4-5-6-17-12-8-10(13(14)16-3)7-11(9-12)15-2/h9-10,12H,4-8H2,1-3H3/t10-,12-/m1/s1. The van der Waals surface area contributed by atoms with E-state index in [1.807, 2.05) is 6.08 Å². The number of carbonyl (C=O) groups excluding carboxylic acids is 1. The molecular weight excluding hydrogens is 220 g/mol. The Morgan fingerprint density at radius 1 is 1.47 bits per heavy atom. The van der Waals surface area contributed by atoms with E-state index < -0.39 is 0 Å². The summed E-state index contributed by atoms with van der Waals surface area (Å²) in [7, 11) is 3.04. The Balaban J connectivity index is 2.54. The van der Waals surface area contributed by atoms with Crippen molar-refractivity contribution in [2.24, 2.45) is 5.92 Å². The Morgan fingerprint density at radius 3 is 2.82 bits per heavy atom. The highest BCUT2D eigenvalue weighted by Gasteiger charge is 2.29. The number of esters is 1. The van der Waals surface area contributed by atoms with Crippen molar-refractivity contribution in [1.82, 2.24) is 0 Å². The summed E-state index contributed by atoms with van der Waals surface area (Å²) in [6.07, 6.45) is 5.37. The van der Waals surface area contributed by atoms with Crippen LogP contribution in [0.15, 0.2) is 11.8 Å². The van der Waals surface area contributed by atoms with Gasteiger partial charge in [0.1, 0.15) is 0 Å². The highest BCUT2D eigenvalue weighted by molar-refractivity contribution is 5.72. The summed E-state index contributed by atoms with van der Waals surface area (Å²) < 4.78 is 15.7. The molecule has 0 saturated heterocycles. The molecule has 0 amide bonds. The second kappa shape index (κ2) is 7.33. The van der Waals surface area contributed by atoms with Gasteiger partial charge in [0.25, 0.3) is 0 Å². The van der Waals surface area contributed by atoms with Crippen molar-refractivity contribution >= 4 is 5.97 Å². The van der Waals surface area contributed by atoms with Crippen molar-refractivity contribution in [3.63, 3.8) is 0 Å². The number of hydrogen-bond donors (Lipinski definition) is 0. The molecule has 0 aromatic carbocycles. The number of methoxy groups -OCH3 is 2. The number of rotatable bonds is 6. The van der Waals surface area contributed by atoms with E-state index in [0.29, 0.717) is 12.8 Å². The summed E-state index contributed by atoms with van der Waals surface area (Å²) in [6.45, 7) is 2.85. The first-order valence-corrected chi connectivity index (χ1v) is 6.15. The fraction of sp³-hybridized carbons (Fsp3) is 0.769. The van der Waals surface area contributed by atoms with Crippen LogP contribution in [0.2, 0.25) is 0 Å². The average Bonchev–Trinajstić information content (AvgIpc) is 2.37. The molecule has 0 aromatic rings. The van der Waals surface area contributed by atoms with Crippen LogP contribution in [0.3, 0.4) is 0 Å². The normalized spacial score (nSPS) is 24.1. The highest BCUT2D eigenvalue weighted by atomic mass is 16.5. The first-order chi connectivity index (χ1) is 8.21. The predicted octanol–water partition coefficient (Wildman–Crippen LogP) is 2.29. The van der Waals surface area contributed by atoms with E-state index in [4.69, 9.17) is 14.2 Å². The number of unbranched alkanes of at least 4 members (excludes halogenated alkanes) is 1. The van der Waals surface area contributed by atoms with Crippen LogP contribution in [-0.4, -0.2) is 32.9 Å². The fourth-order valence-electron chi connectivity index (χ4n) is 1.94. The highest BCUT2D eigenvalue weighted by Crippen LogP contribution is 2.27. The van der Waals surface area contributed by atoms with Gasteiger partial charge in [-0.3, -0.25) is 4.79 Å². The van der Waals surface area contributed by atoms with E-state index in [1.54, 1.807) is 7.11 Å². The SMILES string of the molecule is CCCCO[C@H]1C=C(OC)C[C@@H](C(=O)OC)C1. The lowest BCUT2D eigenvalue weighted by Crippen LogP contribution is -2.28. The zero-order valence-electron chi connectivity index (χ0n) is 10.9. The molecule has 0 aliphatic heterocycles. The molecule has 0 heterocycles. The van der Waals surface area contributed by atoms with Gasteiger partial charge >= 0.3 is 5.97 Å². The lowest BCUT2D eigenvalue weighted by Gasteiger charge is -2.26.